The Morgan fingerprint density at radius 2 is 1.90 bits per heavy atom. The van der Waals surface area contributed by atoms with E-state index < -0.39 is 5.60 Å². The molecule has 122 valence electrons. The van der Waals surface area contributed by atoms with Crippen LogP contribution in [0.15, 0.2) is 23.3 Å². The monoisotopic (exact) mass is 296 g/mol. The number of ether oxygens (including phenoxy) is 1. The molecule has 0 bridgehead atoms. The van der Waals surface area contributed by atoms with Crippen LogP contribution in [0.25, 0.3) is 0 Å². The zero-order chi connectivity index (χ0) is 16.5. The maximum absolute atomic E-state index is 11.3. The van der Waals surface area contributed by atoms with Gasteiger partial charge in [0.25, 0.3) is 0 Å². The minimum Gasteiger partial charge on any atom is -0.463 e. The van der Waals surface area contributed by atoms with Gasteiger partial charge in [-0.15, -0.1) is 0 Å². The van der Waals surface area contributed by atoms with Gasteiger partial charge < -0.3 is 9.84 Å². The van der Waals surface area contributed by atoms with Crippen molar-refractivity contribution in [2.24, 2.45) is 5.92 Å². The van der Waals surface area contributed by atoms with Gasteiger partial charge in [0, 0.05) is 6.08 Å². The molecule has 0 amide bonds. The van der Waals surface area contributed by atoms with Crippen molar-refractivity contribution in [1.29, 1.82) is 0 Å². The number of carbonyl (C=O) groups is 1. The molecule has 1 N–H and O–H groups in total. The molecule has 0 aliphatic heterocycles. The van der Waals surface area contributed by atoms with Gasteiger partial charge in [-0.25, -0.2) is 4.79 Å². The fourth-order valence-corrected chi connectivity index (χ4v) is 2.39. The van der Waals surface area contributed by atoms with Crippen LogP contribution in [0.4, 0.5) is 0 Å². The molecule has 0 aliphatic carbocycles. The van der Waals surface area contributed by atoms with Crippen molar-refractivity contribution in [3.05, 3.63) is 23.3 Å². The SMILES string of the molecule is CCOC(=O)/C=C(C)/C=C(\C)CC(C)CCCC(C)(C)O. The van der Waals surface area contributed by atoms with E-state index in [1.165, 1.54) is 11.6 Å². The molecule has 0 aliphatic rings. The Morgan fingerprint density at radius 3 is 2.43 bits per heavy atom. The minimum absolute atomic E-state index is 0.280. The predicted molar refractivity (Wildman–Crippen MR) is 88.1 cm³/mol. The van der Waals surface area contributed by atoms with E-state index in [4.69, 9.17) is 4.74 Å². The molecular formula is C18H32O3. The van der Waals surface area contributed by atoms with Crippen molar-refractivity contribution in [1.82, 2.24) is 0 Å². The molecule has 0 heterocycles. The average molecular weight is 296 g/mol. The molecule has 0 rings (SSSR count). The minimum atomic E-state index is -0.566. The fraction of sp³-hybridized carbons (Fsp3) is 0.722. The zero-order valence-corrected chi connectivity index (χ0v) is 14.5. The van der Waals surface area contributed by atoms with Crippen LogP contribution in [0.5, 0.6) is 0 Å². The number of esters is 1. The van der Waals surface area contributed by atoms with Crippen LogP contribution >= 0.6 is 0 Å². The number of hydrogen-bond donors (Lipinski definition) is 1. The lowest BCUT2D eigenvalue weighted by molar-refractivity contribution is -0.137. The summed E-state index contributed by atoms with van der Waals surface area (Å²) in [6.45, 7) is 12.2. The number of carbonyl (C=O) groups excluding carboxylic acids is 1. The van der Waals surface area contributed by atoms with Gasteiger partial charge in [0.2, 0.25) is 0 Å². The molecule has 3 nitrogen and oxygen atoms in total. The van der Waals surface area contributed by atoms with Gasteiger partial charge in [-0.05, 0) is 59.0 Å². The zero-order valence-electron chi connectivity index (χ0n) is 14.5. The van der Waals surface area contributed by atoms with E-state index in [-0.39, 0.29) is 5.97 Å². The van der Waals surface area contributed by atoms with Crippen LogP contribution in [0, 0.1) is 5.92 Å². The highest BCUT2D eigenvalue weighted by molar-refractivity contribution is 5.83. The molecule has 1 unspecified atom stereocenters. The van der Waals surface area contributed by atoms with Gasteiger partial charge in [0.15, 0.2) is 0 Å². The highest BCUT2D eigenvalue weighted by atomic mass is 16.5. The van der Waals surface area contributed by atoms with Gasteiger partial charge in [0.1, 0.15) is 0 Å². The van der Waals surface area contributed by atoms with Crippen molar-refractivity contribution in [2.45, 2.75) is 72.8 Å². The van der Waals surface area contributed by atoms with E-state index in [9.17, 15) is 9.90 Å². The van der Waals surface area contributed by atoms with E-state index >= 15 is 0 Å². The third-order valence-electron chi connectivity index (χ3n) is 3.26. The molecule has 0 aromatic carbocycles. The summed E-state index contributed by atoms with van der Waals surface area (Å²) in [5.41, 5.74) is 1.63. The maximum atomic E-state index is 11.3. The molecule has 0 radical (unpaired) electrons. The predicted octanol–water partition coefficient (Wildman–Crippen LogP) is 4.41. The van der Waals surface area contributed by atoms with E-state index in [1.54, 1.807) is 6.92 Å². The lowest BCUT2D eigenvalue weighted by atomic mass is 9.92. The Bertz CT molecular complexity index is 372. The average Bonchev–Trinajstić information content (AvgIpc) is 2.25. The second-order valence-electron chi connectivity index (χ2n) is 6.65. The second kappa shape index (κ2) is 9.78. The van der Waals surface area contributed by atoms with Crippen LogP contribution in [-0.4, -0.2) is 23.3 Å². The molecule has 0 aromatic rings. The molecule has 0 saturated carbocycles. The molecule has 0 fully saturated rings. The van der Waals surface area contributed by atoms with Crippen molar-refractivity contribution in [3.8, 4) is 0 Å². The van der Waals surface area contributed by atoms with Gasteiger partial charge in [-0.3, -0.25) is 0 Å². The number of allylic oxidation sites excluding steroid dienone is 3. The quantitative estimate of drug-likeness (QED) is 0.389. The molecule has 1 atom stereocenters. The molecule has 0 saturated heterocycles. The van der Waals surface area contributed by atoms with Crippen LogP contribution in [0.3, 0.4) is 0 Å². The summed E-state index contributed by atoms with van der Waals surface area (Å²) in [6, 6.07) is 0. The summed E-state index contributed by atoms with van der Waals surface area (Å²) in [5.74, 6) is 0.302. The first-order chi connectivity index (χ1) is 9.64. The van der Waals surface area contributed by atoms with Gasteiger partial charge in [-0.2, -0.15) is 0 Å². The topological polar surface area (TPSA) is 46.5 Å². The van der Waals surface area contributed by atoms with Crippen LogP contribution in [-0.2, 0) is 9.53 Å². The summed E-state index contributed by atoms with van der Waals surface area (Å²) in [4.78, 5) is 11.3. The van der Waals surface area contributed by atoms with Gasteiger partial charge in [0.05, 0.1) is 12.2 Å². The number of hydrogen-bond acceptors (Lipinski definition) is 3. The molecule has 3 heteroatoms. The summed E-state index contributed by atoms with van der Waals surface area (Å²) in [6.07, 6.45) is 7.57. The van der Waals surface area contributed by atoms with Crippen molar-refractivity contribution >= 4 is 5.97 Å². The Hall–Kier alpha value is -1.09. The van der Waals surface area contributed by atoms with Crippen LogP contribution < -0.4 is 0 Å². The highest BCUT2D eigenvalue weighted by Gasteiger charge is 2.12. The van der Waals surface area contributed by atoms with Crippen molar-refractivity contribution in [3.63, 3.8) is 0 Å². The summed E-state index contributed by atoms with van der Waals surface area (Å²) >= 11 is 0. The number of aliphatic hydroxyl groups is 1. The van der Waals surface area contributed by atoms with E-state index in [1.807, 2.05) is 26.8 Å². The number of rotatable bonds is 9. The lowest BCUT2D eigenvalue weighted by Crippen LogP contribution is -2.18. The smallest absolute Gasteiger partial charge is 0.330 e. The van der Waals surface area contributed by atoms with E-state index in [0.29, 0.717) is 12.5 Å². The fourth-order valence-electron chi connectivity index (χ4n) is 2.39. The Kier molecular flexibility index (Phi) is 9.27. The first-order valence-electron chi connectivity index (χ1n) is 7.88. The third-order valence-corrected chi connectivity index (χ3v) is 3.26. The normalized spacial score (nSPS) is 15.0. The largest absolute Gasteiger partial charge is 0.463 e. The van der Waals surface area contributed by atoms with Crippen LogP contribution in [0.2, 0.25) is 0 Å². The summed E-state index contributed by atoms with van der Waals surface area (Å²) in [5, 5.41) is 9.70. The van der Waals surface area contributed by atoms with E-state index in [0.717, 1.165) is 31.3 Å². The van der Waals surface area contributed by atoms with Crippen LogP contribution in [0.1, 0.15) is 67.2 Å². The van der Waals surface area contributed by atoms with E-state index in [2.05, 4.69) is 13.8 Å². The molecule has 21 heavy (non-hydrogen) atoms. The Morgan fingerprint density at radius 1 is 1.29 bits per heavy atom. The van der Waals surface area contributed by atoms with Crippen molar-refractivity contribution in [2.75, 3.05) is 6.61 Å². The Balaban J connectivity index is 4.24. The van der Waals surface area contributed by atoms with Gasteiger partial charge in [-0.1, -0.05) is 31.4 Å². The molecule has 0 spiro atoms. The van der Waals surface area contributed by atoms with Crippen molar-refractivity contribution < 1.29 is 14.6 Å². The van der Waals surface area contributed by atoms with Gasteiger partial charge >= 0.3 is 5.97 Å². The molecule has 0 aromatic heterocycles. The maximum Gasteiger partial charge on any atom is 0.330 e. The lowest BCUT2D eigenvalue weighted by Gasteiger charge is -2.18. The molecular weight excluding hydrogens is 264 g/mol. The summed E-state index contributed by atoms with van der Waals surface area (Å²) < 4.78 is 4.89. The summed E-state index contributed by atoms with van der Waals surface area (Å²) in [7, 11) is 0. The highest BCUT2D eigenvalue weighted by Crippen LogP contribution is 2.21. The first kappa shape index (κ1) is 19.9. The standard InChI is InChI=1S/C18H32O3/c1-7-21-17(19)13-16(4)12-15(3)11-14(2)9-8-10-18(5,6)20/h12-14,20H,7-11H2,1-6H3/b15-12+,16-13+. The Labute approximate surface area is 130 Å². The third kappa shape index (κ3) is 12.4. The second-order valence-corrected chi connectivity index (χ2v) is 6.65. The first-order valence-corrected chi connectivity index (χ1v) is 7.88.